The van der Waals surface area contributed by atoms with Crippen molar-refractivity contribution in [3.05, 3.63) is 38.2 Å². The van der Waals surface area contributed by atoms with Crippen molar-refractivity contribution in [1.82, 2.24) is 9.97 Å². The molecule has 2 aromatic rings. The van der Waals surface area contributed by atoms with Crippen LogP contribution in [0.4, 0.5) is 0 Å². The topological polar surface area (TPSA) is 84.7 Å². The van der Waals surface area contributed by atoms with E-state index in [0.29, 0.717) is 16.9 Å². The zero-order valence-electron chi connectivity index (χ0n) is 14.7. The number of ether oxygens (including phenoxy) is 2. The average molecular weight is 444 g/mol. The Hall–Kier alpha value is -1.39. The maximum absolute atomic E-state index is 9.08. The van der Waals surface area contributed by atoms with Crippen LogP contribution in [0.2, 0.25) is 0 Å². The Labute approximate surface area is 156 Å². The summed E-state index contributed by atoms with van der Waals surface area (Å²) in [6, 6.07) is 0. The van der Waals surface area contributed by atoms with Crippen molar-refractivity contribution in [1.29, 1.82) is 0 Å². The van der Waals surface area contributed by atoms with Gasteiger partial charge in [-0.25, -0.2) is 9.97 Å². The highest BCUT2D eigenvalue weighted by Crippen LogP contribution is 2.22. The zero-order chi connectivity index (χ0) is 18.4. The molecule has 6 nitrogen and oxygen atoms in total. The monoisotopic (exact) mass is 444 g/mol. The van der Waals surface area contributed by atoms with Crippen LogP contribution in [0.15, 0.2) is 12.4 Å². The molecule has 0 aliphatic carbocycles. The van der Waals surface area contributed by atoms with E-state index in [1.54, 1.807) is 27.2 Å². The van der Waals surface area contributed by atoms with Gasteiger partial charge in [0.15, 0.2) is 0 Å². The lowest BCUT2D eigenvalue weighted by Crippen LogP contribution is -2.35. The van der Waals surface area contributed by atoms with E-state index in [1.807, 2.05) is 20.0 Å². The Kier molecular flexibility index (Phi) is 7.91. The van der Waals surface area contributed by atoms with E-state index in [-0.39, 0.29) is 0 Å². The Morgan fingerprint density at radius 2 is 1.33 bits per heavy atom. The molecular weight excluding hydrogens is 422 g/mol. The molecule has 0 bridgehead atoms. The lowest BCUT2D eigenvalue weighted by molar-refractivity contribution is 0.393. The van der Waals surface area contributed by atoms with Gasteiger partial charge in [0.25, 0.3) is 0 Å². The van der Waals surface area contributed by atoms with Crippen LogP contribution in [0.5, 0.6) is 11.8 Å². The van der Waals surface area contributed by atoms with Gasteiger partial charge in [0, 0.05) is 27.1 Å². The molecule has 0 aliphatic rings. The molecule has 2 aromatic heterocycles. The second-order valence-electron chi connectivity index (χ2n) is 5.25. The van der Waals surface area contributed by atoms with Crippen molar-refractivity contribution >= 4 is 35.2 Å². The highest BCUT2D eigenvalue weighted by atomic mass is 127. The van der Waals surface area contributed by atoms with E-state index >= 15 is 0 Å². The third kappa shape index (κ3) is 4.81. The SMILES string of the molecule is COc1ncc(C)c(B(O)O)c1C.COc1ncc(C)c(I)c1C. The highest BCUT2D eigenvalue weighted by Gasteiger charge is 2.19. The summed E-state index contributed by atoms with van der Waals surface area (Å²) >= 11 is 2.30. The van der Waals surface area contributed by atoms with Crippen LogP contribution >= 0.6 is 22.6 Å². The smallest absolute Gasteiger partial charge is 0.481 e. The van der Waals surface area contributed by atoms with Crippen molar-refractivity contribution in [2.75, 3.05) is 14.2 Å². The fraction of sp³-hybridized carbons (Fsp3) is 0.375. The molecule has 8 heteroatoms. The predicted octanol–water partition coefficient (Wildman–Crippen LogP) is 1.70. The summed E-state index contributed by atoms with van der Waals surface area (Å²) in [6.45, 7) is 7.57. The Bertz CT molecular complexity index is 711. The van der Waals surface area contributed by atoms with E-state index in [4.69, 9.17) is 19.5 Å². The van der Waals surface area contributed by atoms with Crippen molar-refractivity contribution in [2.45, 2.75) is 27.7 Å². The molecule has 0 spiro atoms. The molecule has 0 atom stereocenters. The molecule has 0 radical (unpaired) electrons. The van der Waals surface area contributed by atoms with Gasteiger partial charge in [-0.05, 0) is 66.9 Å². The number of aryl methyl sites for hydroxylation is 2. The quantitative estimate of drug-likeness (QED) is 0.554. The van der Waals surface area contributed by atoms with Gasteiger partial charge in [-0.15, -0.1) is 0 Å². The third-order valence-corrected chi connectivity index (χ3v) is 5.20. The van der Waals surface area contributed by atoms with Gasteiger partial charge in [0.2, 0.25) is 11.8 Å². The molecule has 24 heavy (non-hydrogen) atoms. The fourth-order valence-corrected chi connectivity index (χ4v) is 2.61. The van der Waals surface area contributed by atoms with Crippen LogP contribution < -0.4 is 14.9 Å². The summed E-state index contributed by atoms with van der Waals surface area (Å²) in [5.41, 5.74) is 4.19. The Balaban J connectivity index is 0.000000243. The molecule has 0 fully saturated rings. The average Bonchev–Trinajstić information content (AvgIpc) is 2.53. The van der Waals surface area contributed by atoms with Gasteiger partial charge in [-0.1, -0.05) is 0 Å². The summed E-state index contributed by atoms with van der Waals surface area (Å²) in [4.78, 5) is 8.13. The first-order valence-electron chi connectivity index (χ1n) is 7.26. The minimum absolute atomic E-state index is 0.425. The largest absolute Gasteiger partial charge is 0.489 e. The lowest BCUT2D eigenvalue weighted by Gasteiger charge is -2.11. The molecule has 0 saturated heterocycles. The van der Waals surface area contributed by atoms with Crippen LogP contribution in [0.1, 0.15) is 22.3 Å². The van der Waals surface area contributed by atoms with Gasteiger partial charge in [-0.2, -0.15) is 0 Å². The molecular formula is C16H22BIN2O4. The van der Waals surface area contributed by atoms with E-state index in [9.17, 15) is 0 Å². The van der Waals surface area contributed by atoms with Gasteiger partial charge in [0.05, 0.1) is 14.2 Å². The number of hydrogen-bond acceptors (Lipinski definition) is 6. The van der Waals surface area contributed by atoms with Crippen molar-refractivity contribution in [3.8, 4) is 11.8 Å². The third-order valence-electron chi connectivity index (χ3n) is 3.54. The van der Waals surface area contributed by atoms with Crippen LogP contribution in [0.25, 0.3) is 0 Å². The number of rotatable bonds is 3. The van der Waals surface area contributed by atoms with Gasteiger partial charge in [-0.3, -0.25) is 0 Å². The van der Waals surface area contributed by atoms with Crippen LogP contribution in [0, 0.1) is 31.3 Å². The second kappa shape index (κ2) is 9.19. The maximum Gasteiger partial charge on any atom is 0.489 e. The first-order valence-corrected chi connectivity index (χ1v) is 8.34. The molecule has 0 aromatic carbocycles. The number of aromatic nitrogens is 2. The molecule has 2 heterocycles. The van der Waals surface area contributed by atoms with E-state index in [1.165, 1.54) is 16.2 Å². The molecule has 0 amide bonds. The van der Waals surface area contributed by atoms with Crippen molar-refractivity contribution in [3.63, 3.8) is 0 Å². The number of nitrogens with zero attached hydrogens (tertiary/aromatic N) is 2. The second-order valence-corrected chi connectivity index (χ2v) is 6.33. The Morgan fingerprint density at radius 3 is 1.79 bits per heavy atom. The molecule has 2 N–H and O–H groups in total. The molecule has 2 rings (SSSR count). The summed E-state index contributed by atoms with van der Waals surface area (Å²) in [6.07, 6.45) is 3.38. The van der Waals surface area contributed by atoms with Gasteiger partial charge in [0.1, 0.15) is 0 Å². The summed E-state index contributed by atoms with van der Waals surface area (Å²) < 4.78 is 11.3. The van der Waals surface area contributed by atoms with Gasteiger partial charge >= 0.3 is 7.12 Å². The Morgan fingerprint density at radius 1 is 0.875 bits per heavy atom. The van der Waals surface area contributed by atoms with Crippen LogP contribution in [-0.2, 0) is 0 Å². The summed E-state index contributed by atoms with van der Waals surface area (Å²) in [5, 5.41) is 18.2. The standard InChI is InChI=1S/C8H12BNO3.C8H10INO/c1-5-4-10-8(13-3)6(2)7(5)9(11)12;1-5-4-10-8(11-3)6(2)7(5)9/h4,11-12H,1-3H3;4H,1-3H3. The zero-order valence-corrected chi connectivity index (χ0v) is 16.9. The number of methoxy groups -OCH3 is 2. The normalized spacial score (nSPS) is 9.88. The van der Waals surface area contributed by atoms with E-state index < -0.39 is 7.12 Å². The number of pyridine rings is 2. The maximum atomic E-state index is 9.08. The highest BCUT2D eigenvalue weighted by molar-refractivity contribution is 14.1. The van der Waals surface area contributed by atoms with Crippen LogP contribution in [-0.4, -0.2) is 41.4 Å². The number of halogens is 1. The van der Waals surface area contributed by atoms with E-state index in [2.05, 4.69) is 32.6 Å². The predicted molar refractivity (Wildman–Crippen MR) is 103 cm³/mol. The minimum Gasteiger partial charge on any atom is -0.481 e. The first-order chi connectivity index (χ1) is 11.2. The number of hydrogen-bond donors (Lipinski definition) is 2. The van der Waals surface area contributed by atoms with Gasteiger partial charge < -0.3 is 19.5 Å². The van der Waals surface area contributed by atoms with Crippen LogP contribution in [0.3, 0.4) is 0 Å². The molecule has 0 aliphatic heterocycles. The molecule has 130 valence electrons. The minimum atomic E-state index is -1.48. The van der Waals surface area contributed by atoms with Crippen molar-refractivity contribution in [2.24, 2.45) is 0 Å². The summed E-state index contributed by atoms with van der Waals surface area (Å²) in [7, 11) is 1.66. The summed E-state index contributed by atoms with van der Waals surface area (Å²) in [5.74, 6) is 1.15. The first kappa shape index (κ1) is 20.7. The molecule has 0 saturated carbocycles. The van der Waals surface area contributed by atoms with Crippen molar-refractivity contribution < 1.29 is 19.5 Å². The fourth-order valence-electron chi connectivity index (χ4n) is 2.24. The molecule has 0 unspecified atom stereocenters. The van der Waals surface area contributed by atoms with E-state index in [0.717, 1.165) is 17.0 Å². The lowest BCUT2D eigenvalue weighted by atomic mass is 9.75.